The van der Waals surface area contributed by atoms with Gasteiger partial charge in [0.2, 0.25) is 5.88 Å². The van der Waals surface area contributed by atoms with Gasteiger partial charge in [-0.1, -0.05) is 17.3 Å². The molecule has 0 aliphatic heterocycles. The predicted molar refractivity (Wildman–Crippen MR) is 111 cm³/mol. The van der Waals surface area contributed by atoms with Crippen LogP contribution in [0.1, 0.15) is 11.3 Å². The van der Waals surface area contributed by atoms with Gasteiger partial charge in [-0.15, -0.1) is 0 Å². The molecule has 4 rings (SSSR count). The van der Waals surface area contributed by atoms with E-state index >= 15 is 0 Å². The minimum Gasteiger partial charge on any atom is -0.756 e. The molecule has 170 valence electrons. The molecule has 0 bridgehead atoms. The molecule has 12 heteroatoms. The number of benzene rings is 1. The predicted octanol–water partition coefficient (Wildman–Crippen LogP) is 2.56. The molecule has 0 saturated carbocycles. The Morgan fingerprint density at radius 3 is 2.79 bits per heavy atom. The first-order chi connectivity index (χ1) is 15.8. The van der Waals surface area contributed by atoms with Crippen LogP contribution in [0, 0.1) is 5.82 Å². The van der Waals surface area contributed by atoms with Crippen LogP contribution in [0.3, 0.4) is 0 Å². The zero-order chi connectivity index (χ0) is 23.4. The monoisotopic (exact) mass is 472 g/mol. The molecule has 0 amide bonds. The lowest BCUT2D eigenvalue weighted by Crippen LogP contribution is -2.38. The van der Waals surface area contributed by atoms with Gasteiger partial charge in [0.25, 0.3) is 13.6 Å². The highest BCUT2D eigenvalue weighted by Crippen LogP contribution is 2.30. The molecule has 1 aromatic carbocycles. The number of hydrogen-bond donors (Lipinski definition) is 2. The highest BCUT2D eigenvalue weighted by Gasteiger charge is 2.18. The molecule has 1 unspecified atom stereocenters. The van der Waals surface area contributed by atoms with Gasteiger partial charge in [-0.25, -0.2) is 13.9 Å². The molecule has 0 spiro atoms. The number of halogens is 1. The van der Waals surface area contributed by atoms with Crippen LogP contribution in [0.5, 0.6) is 11.6 Å². The number of ether oxygens (including phenoxy) is 1. The number of nitrogens with zero attached hydrogens (tertiary/aromatic N) is 3. The van der Waals surface area contributed by atoms with Gasteiger partial charge in [0.1, 0.15) is 17.1 Å². The van der Waals surface area contributed by atoms with Crippen molar-refractivity contribution in [2.45, 2.75) is 13.2 Å². The van der Waals surface area contributed by atoms with E-state index in [1.165, 1.54) is 22.9 Å². The summed E-state index contributed by atoms with van der Waals surface area (Å²) < 4.78 is 40.7. The molecule has 3 aromatic heterocycles. The van der Waals surface area contributed by atoms with E-state index in [-0.39, 0.29) is 5.82 Å². The van der Waals surface area contributed by atoms with E-state index in [0.717, 1.165) is 5.56 Å². The Labute approximate surface area is 187 Å². The second-order valence-electron chi connectivity index (χ2n) is 6.93. The molecule has 3 N–H and O–H groups in total. The van der Waals surface area contributed by atoms with Crippen LogP contribution in [0.4, 0.5) is 10.2 Å². The summed E-state index contributed by atoms with van der Waals surface area (Å²) in [6.45, 7) is -0.492. The van der Waals surface area contributed by atoms with Crippen LogP contribution in [0.15, 0.2) is 71.5 Å². The summed E-state index contributed by atoms with van der Waals surface area (Å²) >= 11 is 0. The second-order valence-corrected chi connectivity index (χ2v) is 8.12. The third-order valence-corrected chi connectivity index (χ3v) is 4.94. The maximum atomic E-state index is 13.3. The van der Waals surface area contributed by atoms with Crippen molar-refractivity contribution in [3.05, 3.63) is 84.1 Å². The first kappa shape index (κ1) is 22.6. The smallest absolute Gasteiger partial charge is 0.285 e. The zero-order valence-electron chi connectivity index (χ0n) is 17.0. The summed E-state index contributed by atoms with van der Waals surface area (Å²) in [6.07, 6.45) is 3.52. The van der Waals surface area contributed by atoms with E-state index in [2.05, 4.69) is 14.7 Å². The number of hydrogen-bond acceptors (Lipinski definition) is 8. The van der Waals surface area contributed by atoms with Crippen LogP contribution in [-0.2, 0) is 22.2 Å². The maximum absolute atomic E-state index is 13.3. The fraction of sp³-hybridized carbons (Fsp3) is 0.0952. The van der Waals surface area contributed by atoms with Crippen molar-refractivity contribution in [2.75, 3.05) is 5.73 Å². The first-order valence-corrected chi connectivity index (χ1v) is 11.1. The number of phosphoric ester groups is 1. The fourth-order valence-corrected chi connectivity index (χ4v) is 3.25. The largest absolute Gasteiger partial charge is 0.756 e. The SMILES string of the molecule is Nc1c(-c2cc(Cc3ccc(Oc4cccc(F)c4)nc3)no2)ccc[n+]1COP(=O)([O-])O. The van der Waals surface area contributed by atoms with Crippen molar-refractivity contribution in [2.24, 2.45) is 0 Å². The number of pyridine rings is 2. The second kappa shape index (κ2) is 9.47. The number of anilines is 1. The van der Waals surface area contributed by atoms with Crippen molar-refractivity contribution in [3.8, 4) is 23.0 Å². The van der Waals surface area contributed by atoms with Gasteiger partial charge in [-0.05, 0) is 29.8 Å². The molecule has 0 fully saturated rings. The molecule has 10 nitrogen and oxygen atoms in total. The van der Waals surface area contributed by atoms with Crippen molar-refractivity contribution >= 4 is 13.6 Å². The van der Waals surface area contributed by atoms with Gasteiger partial charge in [0.15, 0.2) is 12.5 Å². The van der Waals surface area contributed by atoms with Gasteiger partial charge < -0.3 is 19.0 Å². The molecular weight excluding hydrogens is 454 g/mol. The topological polar surface area (TPSA) is 148 Å². The summed E-state index contributed by atoms with van der Waals surface area (Å²) in [5.41, 5.74) is 7.98. The summed E-state index contributed by atoms with van der Waals surface area (Å²) in [7, 11) is -4.89. The molecule has 33 heavy (non-hydrogen) atoms. The van der Waals surface area contributed by atoms with E-state index in [9.17, 15) is 13.8 Å². The van der Waals surface area contributed by atoms with Gasteiger partial charge in [0.05, 0.1) is 11.9 Å². The zero-order valence-corrected chi connectivity index (χ0v) is 17.9. The molecule has 0 aliphatic carbocycles. The van der Waals surface area contributed by atoms with Crippen LogP contribution < -0.4 is 19.9 Å². The lowest BCUT2D eigenvalue weighted by Gasteiger charge is -2.14. The van der Waals surface area contributed by atoms with Crippen molar-refractivity contribution in [1.29, 1.82) is 0 Å². The lowest BCUT2D eigenvalue weighted by molar-refractivity contribution is -0.712. The third-order valence-electron chi connectivity index (χ3n) is 4.50. The number of aromatic nitrogens is 3. The molecule has 0 aliphatic rings. The summed E-state index contributed by atoms with van der Waals surface area (Å²) in [4.78, 5) is 23.8. The standard InChI is InChI=1S/C21H18FN4O6P/c22-15-3-1-4-17(10-15)31-20-7-6-14(12-24-20)9-16-11-19(32-25-16)18-5-2-8-26(21(18)23)13-30-33(27,28)29/h1-8,10-12,23H,9,13H2,(H2,27,28,29). The van der Waals surface area contributed by atoms with E-state index in [1.807, 2.05) is 0 Å². The van der Waals surface area contributed by atoms with Gasteiger partial charge >= 0.3 is 0 Å². The molecule has 0 radical (unpaired) electrons. The summed E-state index contributed by atoms with van der Waals surface area (Å²) in [5, 5.41) is 4.04. The van der Waals surface area contributed by atoms with Crippen LogP contribution >= 0.6 is 7.82 Å². The van der Waals surface area contributed by atoms with Crippen LogP contribution in [0.25, 0.3) is 11.3 Å². The molecule has 3 heterocycles. The Hall–Kier alpha value is -3.63. The Morgan fingerprint density at radius 2 is 2.06 bits per heavy atom. The Bertz CT molecular complexity index is 1310. The molecule has 4 aromatic rings. The van der Waals surface area contributed by atoms with E-state index in [0.29, 0.717) is 35.1 Å². The number of rotatable bonds is 8. The van der Waals surface area contributed by atoms with Crippen LogP contribution in [-0.4, -0.2) is 15.0 Å². The van der Waals surface area contributed by atoms with Gasteiger partial charge in [0, 0.05) is 30.8 Å². The summed E-state index contributed by atoms with van der Waals surface area (Å²) in [6, 6.07) is 14.2. The van der Waals surface area contributed by atoms with E-state index < -0.39 is 20.4 Å². The van der Waals surface area contributed by atoms with Crippen molar-refractivity contribution in [3.63, 3.8) is 0 Å². The minimum absolute atomic E-state index is 0.161. The first-order valence-electron chi connectivity index (χ1n) is 9.57. The van der Waals surface area contributed by atoms with Crippen molar-refractivity contribution < 1.29 is 37.1 Å². The highest BCUT2D eigenvalue weighted by atomic mass is 31.2. The summed E-state index contributed by atoms with van der Waals surface area (Å²) in [5.74, 6) is 0.789. The molecule has 1 atom stereocenters. The quantitative estimate of drug-likeness (QED) is 0.292. The van der Waals surface area contributed by atoms with Crippen LogP contribution in [0.2, 0.25) is 0 Å². The Balaban J connectivity index is 1.44. The molecule has 0 saturated heterocycles. The maximum Gasteiger partial charge on any atom is 0.285 e. The van der Waals surface area contributed by atoms with Gasteiger partial charge in [-0.2, -0.15) is 0 Å². The highest BCUT2D eigenvalue weighted by molar-refractivity contribution is 7.44. The van der Waals surface area contributed by atoms with E-state index in [4.69, 9.17) is 19.9 Å². The number of nitrogens with two attached hydrogens (primary N) is 1. The van der Waals surface area contributed by atoms with E-state index in [1.54, 1.807) is 48.7 Å². The average Bonchev–Trinajstić information content (AvgIpc) is 3.22. The Morgan fingerprint density at radius 1 is 1.21 bits per heavy atom. The Kier molecular flexibility index (Phi) is 6.47. The average molecular weight is 472 g/mol. The minimum atomic E-state index is -4.89. The van der Waals surface area contributed by atoms with Crippen molar-refractivity contribution in [1.82, 2.24) is 10.1 Å². The fourth-order valence-electron chi connectivity index (χ4n) is 2.98. The third kappa shape index (κ3) is 5.99. The normalized spacial score (nSPS) is 12.9. The number of nitrogen functional groups attached to an aromatic ring is 1. The lowest BCUT2D eigenvalue weighted by atomic mass is 10.1. The molecular formula is C21H18FN4O6P. The number of phosphoric acid groups is 1. The van der Waals surface area contributed by atoms with Gasteiger partial charge in [-0.3, -0.25) is 14.8 Å².